The van der Waals surface area contributed by atoms with Crippen LogP contribution >= 0.6 is 0 Å². The van der Waals surface area contributed by atoms with Crippen LogP contribution in [0.4, 0.5) is 24.5 Å². The minimum atomic E-state index is -1.04. The number of hydrogen-bond acceptors (Lipinski definition) is 3. The first-order chi connectivity index (χ1) is 8.60. The van der Waals surface area contributed by atoms with Gasteiger partial charge in [-0.15, -0.1) is 0 Å². The van der Waals surface area contributed by atoms with Gasteiger partial charge in [-0.25, -0.2) is 18.2 Å². The minimum absolute atomic E-state index is 0.181. The summed E-state index contributed by atoms with van der Waals surface area (Å²) in [5.41, 5.74) is 0.00177. The van der Waals surface area contributed by atoms with Crippen LogP contribution in [0.3, 0.4) is 0 Å². The topological polar surface area (TPSA) is 48.7 Å². The van der Waals surface area contributed by atoms with Crippen LogP contribution in [-0.2, 0) is 0 Å². The van der Waals surface area contributed by atoms with Crippen molar-refractivity contribution < 1.29 is 13.2 Å². The van der Waals surface area contributed by atoms with Gasteiger partial charge in [0.05, 0.1) is 11.9 Å². The molecular formula is C12H6F3N3. The van der Waals surface area contributed by atoms with Gasteiger partial charge in [0, 0.05) is 12.1 Å². The molecule has 0 aliphatic heterocycles. The van der Waals surface area contributed by atoms with Crippen LogP contribution in [0.25, 0.3) is 0 Å². The monoisotopic (exact) mass is 249 g/mol. The van der Waals surface area contributed by atoms with E-state index in [9.17, 15) is 13.2 Å². The molecule has 0 amide bonds. The van der Waals surface area contributed by atoms with E-state index in [0.29, 0.717) is 17.8 Å². The SMILES string of the molecule is N#Cc1ccc(Nc2c(F)cc(F)cc2F)cn1. The molecule has 0 spiro atoms. The van der Waals surface area contributed by atoms with Crippen molar-refractivity contribution in [1.29, 1.82) is 5.26 Å². The zero-order valence-corrected chi connectivity index (χ0v) is 8.92. The van der Waals surface area contributed by atoms with Gasteiger partial charge in [-0.3, -0.25) is 0 Å². The number of rotatable bonds is 2. The molecule has 6 heteroatoms. The number of nitrogens with zero attached hydrogens (tertiary/aromatic N) is 2. The third-order valence-electron chi connectivity index (χ3n) is 2.15. The molecule has 1 aromatic heterocycles. The Morgan fingerprint density at radius 2 is 1.78 bits per heavy atom. The summed E-state index contributed by atoms with van der Waals surface area (Å²) in [5.74, 6) is -3.08. The summed E-state index contributed by atoms with van der Waals surface area (Å²) in [6, 6.07) is 5.78. The predicted octanol–water partition coefficient (Wildman–Crippen LogP) is 3.11. The lowest BCUT2D eigenvalue weighted by atomic mass is 10.2. The number of anilines is 2. The average Bonchev–Trinajstić information content (AvgIpc) is 2.34. The van der Waals surface area contributed by atoms with Gasteiger partial charge < -0.3 is 5.32 Å². The number of halogens is 3. The molecule has 0 unspecified atom stereocenters. The molecule has 1 aromatic carbocycles. The van der Waals surface area contributed by atoms with E-state index < -0.39 is 23.1 Å². The molecule has 1 N–H and O–H groups in total. The van der Waals surface area contributed by atoms with Crippen LogP contribution in [-0.4, -0.2) is 4.98 Å². The van der Waals surface area contributed by atoms with Crippen LogP contribution < -0.4 is 5.32 Å². The summed E-state index contributed by atoms with van der Waals surface area (Å²) >= 11 is 0. The van der Waals surface area contributed by atoms with Crippen molar-refractivity contribution in [2.24, 2.45) is 0 Å². The summed E-state index contributed by atoms with van der Waals surface area (Å²) in [6.45, 7) is 0. The van der Waals surface area contributed by atoms with Crippen LogP contribution in [0.15, 0.2) is 30.5 Å². The molecule has 0 aliphatic rings. The second-order valence-corrected chi connectivity index (χ2v) is 3.41. The summed E-state index contributed by atoms with van der Waals surface area (Å²) in [5, 5.41) is 11.0. The first-order valence-corrected chi connectivity index (χ1v) is 4.88. The summed E-state index contributed by atoms with van der Waals surface area (Å²) in [4.78, 5) is 3.73. The number of nitrogens with one attached hydrogen (secondary N) is 1. The molecule has 90 valence electrons. The van der Waals surface area contributed by atoms with Gasteiger partial charge in [-0.2, -0.15) is 5.26 Å². The Balaban J connectivity index is 2.31. The molecule has 1 heterocycles. The van der Waals surface area contributed by atoms with Crippen LogP contribution in [0, 0.1) is 28.8 Å². The predicted molar refractivity (Wildman–Crippen MR) is 58.6 cm³/mol. The summed E-state index contributed by atoms with van der Waals surface area (Å²) < 4.78 is 39.3. The smallest absolute Gasteiger partial charge is 0.152 e. The normalized spacial score (nSPS) is 9.89. The molecule has 2 rings (SSSR count). The van der Waals surface area contributed by atoms with E-state index in [4.69, 9.17) is 5.26 Å². The van der Waals surface area contributed by atoms with Crippen molar-refractivity contribution in [2.75, 3.05) is 5.32 Å². The van der Waals surface area contributed by atoms with E-state index >= 15 is 0 Å². The fourth-order valence-electron chi connectivity index (χ4n) is 1.34. The van der Waals surface area contributed by atoms with E-state index in [-0.39, 0.29) is 5.69 Å². The molecule has 0 atom stereocenters. The molecule has 0 saturated carbocycles. The summed E-state index contributed by atoms with van der Waals surface area (Å²) in [6.07, 6.45) is 1.25. The maximum atomic E-state index is 13.3. The molecule has 0 aliphatic carbocycles. The quantitative estimate of drug-likeness (QED) is 0.889. The zero-order chi connectivity index (χ0) is 13.1. The molecule has 0 radical (unpaired) electrons. The fourth-order valence-corrected chi connectivity index (χ4v) is 1.34. The van der Waals surface area contributed by atoms with E-state index in [1.165, 1.54) is 18.3 Å². The first kappa shape index (κ1) is 11.9. The minimum Gasteiger partial charge on any atom is -0.349 e. The Labute approximate surface area is 101 Å². The van der Waals surface area contributed by atoms with Crippen molar-refractivity contribution in [1.82, 2.24) is 4.98 Å². The molecule has 0 bridgehead atoms. The highest BCUT2D eigenvalue weighted by Gasteiger charge is 2.11. The lowest BCUT2D eigenvalue weighted by Gasteiger charge is -2.08. The molecule has 2 aromatic rings. The van der Waals surface area contributed by atoms with E-state index in [2.05, 4.69) is 10.3 Å². The molecular weight excluding hydrogens is 243 g/mol. The standard InChI is InChI=1S/C12H6F3N3/c13-7-3-10(14)12(11(15)4-7)18-9-2-1-8(5-16)17-6-9/h1-4,6,18H. The highest BCUT2D eigenvalue weighted by atomic mass is 19.1. The fraction of sp³-hybridized carbons (Fsp3) is 0. The van der Waals surface area contributed by atoms with Crippen molar-refractivity contribution in [3.05, 3.63) is 53.6 Å². The number of pyridine rings is 1. The van der Waals surface area contributed by atoms with Crippen LogP contribution in [0.1, 0.15) is 5.69 Å². The number of benzene rings is 1. The molecule has 0 fully saturated rings. The van der Waals surface area contributed by atoms with Crippen LogP contribution in [0.5, 0.6) is 0 Å². The van der Waals surface area contributed by atoms with Crippen LogP contribution in [0.2, 0.25) is 0 Å². The van der Waals surface area contributed by atoms with Gasteiger partial charge in [0.1, 0.15) is 23.3 Å². The Hall–Kier alpha value is -2.55. The van der Waals surface area contributed by atoms with Crippen molar-refractivity contribution >= 4 is 11.4 Å². The third-order valence-corrected chi connectivity index (χ3v) is 2.15. The van der Waals surface area contributed by atoms with E-state index in [1.54, 1.807) is 0 Å². The van der Waals surface area contributed by atoms with Gasteiger partial charge in [-0.1, -0.05) is 0 Å². The van der Waals surface area contributed by atoms with Gasteiger partial charge >= 0.3 is 0 Å². The third kappa shape index (κ3) is 2.40. The molecule has 0 saturated heterocycles. The molecule has 3 nitrogen and oxygen atoms in total. The van der Waals surface area contributed by atoms with Gasteiger partial charge in [0.2, 0.25) is 0 Å². The van der Waals surface area contributed by atoms with Gasteiger partial charge in [-0.05, 0) is 12.1 Å². The number of hydrogen-bond donors (Lipinski definition) is 1. The Bertz CT molecular complexity index is 594. The maximum Gasteiger partial charge on any atom is 0.152 e. The second-order valence-electron chi connectivity index (χ2n) is 3.41. The lowest BCUT2D eigenvalue weighted by Crippen LogP contribution is -1.99. The largest absolute Gasteiger partial charge is 0.349 e. The average molecular weight is 249 g/mol. The molecule has 18 heavy (non-hydrogen) atoms. The Morgan fingerprint density at radius 3 is 2.28 bits per heavy atom. The Morgan fingerprint density at radius 1 is 1.11 bits per heavy atom. The second kappa shape index (κ2) is 4.75. The Kier molecular flexibility index (Phi) is 3.15. The first-order valence-electron chi connectivity index (χ1n) is 4.88. The van der Waals surface area contributed by atoms with E-state index in [1.807, 2.05) is 6.07 Å². The van der Waals surface area contributed by atoms with Gasteiger partial charge in [0.15, 0.2) is 11.6 Å². The highest BCUT2D eigenvalue weighted by molar-refractivity contribution is 5.60. The lowest BCUT2D eigenvalue weighted by molar-refractivity contribution is 0.549. The number of nitriles is 1. The summed E-state index contributed by atoms with van der Waals surface area (Å²) in [7, 11) is 0. The van der Waals surface area contributed by atoms with Crippen molar-refractivity contribution in [2.45, 2.75) is 0 Å². The van der Waals surface area contributed by atoms with Crippen molar-refractivity contribution in [3.8, 4) is 6.07 Å². The van der Waals surface area contributed by atoms with Gasteiger partial charge in [0.25, 0.3) is 0 Å². The maximum absolute atomic E-state index is 13.3. The zero-order valence-electron chi connectivity index (χ0n) is 8.92. The number of aromatic nitrogens is 1. The van der Waals surface area contributed by atoms with E-state index in [0.717, 1.165) is 0 Å². The highest BCUT2D eigenvalue weighted by Crippen LogP contribution is 2.23. The van der Waals surface area contributed by atoms with Crippen molar-refractivity contribution in [3.63, 3.8) is 0 Å².